The molecular weight excluding hydrogens is 323 g/mol. The average molecular weight is 332 g/mol. The van der Waals surface area contributed by atoms with Crippen molar-refractivity contribution in [3.05, 3.63) is 27.4 Å². The van der Waals surface area contributed by atoms with E-state index in [9.17, 15) is 12.8 Å². The lowest BCUT2D eigenvalue weighted by molar-refractivity contribution is 0.526. The van der Waals surface area contributed by atoms with Gasteiger partial charge in [0, 0.05) is 18.6 Å². The molecule has 0 atom stereocenters. The number of benzene rings is 1. The zero-order valence-electron chi connectivity index (χ0n) is 8.46. The number of nitrogens with one attached hydrogen (secondary N) is 1. The zero-order chi connectivity index (χ0) is 12.5. The fraction of sp³-hybridized carbons (Fsp3) is 0.250. The van der Waals surface area contributed by atoms with Gasteiger partial charge in [0.15, 0.2) is 0 Å². The van der Waals surface area contributed by atoms with Gasteiger partial charge in [-0.05, 0) is 28.1 Å². The van der Waals surface area contributed by atoms with Crippen LogP contribution in [0, 0.1) is 5.82 Å². The Morgan fingerprint density at radius 3 is 2.44 bits per heavy atom. The molecule has 0 unspecified atom stereocenters. The van der Waals surface area contributed by atoms with Crippen molar-refractivity contribution < 1.29 is 12.8 Å². The summed E-state index contributed by atoms with van der Waals surface area (Å²) in [6.07, 6.45) is 0. The Kier molecular flexibility index (Phi) is 4.17. The van der Waals surface area contributed by atoms with E-state index in [0.717, 1.165) is 16.4 Å². The van der Waals surface area contributed by atoms with E-state index in [-0.39, 0.29) is 15.2 Å². The molecule has 0 aliphatic carbocycles. The van der Waals surface area contributed by atoms with Crippen molar-refractivity contribution in [3.8, 4) is 0 Å². The van der Waals surface area contributed by atoms with Crippen molar-refractivity contribution in [2.24, 2.45) is 0 Å². The van der Waals surface area contributed by atoms with Crippen molar-refractivity contribution >= 4 is 43.4 Å². The molecule has 90 valence electrons. The highest BCUT2D eigenvalue weighted by Crippen LogP contribution is 2.32. The smallest absolute Gasteiger partial charge is 0.268 e. The maximum atomic E-state index is 12.9. The largest absolute Gasteiger partial charge is 0.301 e. The second-order valence-electron chi connectivity index (χ2n) is 3.13. The second-order valence-corrected chi connectivity index (χ2v) is 6.28. The minimum Gasteiger partial charge on any atom is -0.268 e. The van der Waals surface area contributed by atoms with E-state index in [1.807, 2.05) is 0 Å². The summed E-state index contributed by atoms with van der Waals surface area (Å²) >= 11 is 8.76. The minimum atomic E-state index is -3.66. The monoisotopic (exact) mass is 330 g/mol. The van der Waals surface area contributed by atoms with Crippen molar-refractivity contribution in [1.29, 1.82) is 0 Å². The molecule has 4 nitrogen and oxygen atoms in total. The maximum Gasteiger partial charge on any atom is 0.301 e. The van der Waals surface area contributed by atoms with Crippen LogP contribution in [0.25, 0.3) is 0 Å². The molecule has 0 aliphatic heterocycles. The van der Waals surface area contributed by atoms with Crippen LogP contribution in [0.4, 0.5) is 10.1 Å². The molecule has 1 aromatic carbocycles. The molecule has 1 rings (SSSR count). The van der Waals surface area contributed by atoms with Gasteiger partial charge in [0.1, 0.15) is 5.82 Å². The van der Waals surface area contributed by atoms with Crippen LogP contribution >= 0.6 is 27.5 Å². The molecule has 16 heavy (non-hydrogen) atoms. The Morgan fingerprint density at radius 1 is 1.44 bits per heavy atom. The fourth-order valence-electron chi connectivity index (χ4n) is 0.860. The first-order valence-electron chi connectivity index (χ1n) is 4.09. The predicted octanol–water partition coefficient (Wildman–Crippen LogP) is 2.46. The molecule has 0 bridgehead atoms. The molecule has 0 radical (unpaired) electrons. The third kappa shape index (κ3) is 3.07. The quantitative estimate of drug-likeness (QED) is 0.925. The van der Waals surface area contributed by atoms with E-state index in [1.165, 1.54) is 14.1 Å². The molecule has 8 heteroatoms. The minimum absolute atomic E-state index is 0.0164. The predicted molar refractivity (Wildman–Crippen MR) is 65.3 cm³/mol. The summed E-state index contributed by atoms with van der Waals surface area (Å²) in [4.78, 5) is 0. The molecule has 1 N–H and O–H groups in total. The van der Waals surface area contributed by atoms with Crippen LogP contribution in [0.5, 0.6) is 0 Å². The Morgan fingerprint density at radius 2 is 2.00 bits per heavy atom. The zero-order valence-corrected chi connectivity index (χ0v) is 11.6. The average Bonchev–Trinajstić information content (AvgIpc) is 2.11. The molecule has 0 amide bonds. The van der Waals surface area contributed by atoms with Gasteiger partial charge in [0.25, 0.3) is 0 Å². The lowest BCUT2D eigenvalue weighted by Crippen LogP contribution is -2.29. The third-order valence-corrected chi connectivity index (χ3v) is 4.07. The molecule has 0 saturated heterocycles. The number of anilines is 1. The van der Waals surface area contributed by atoms with Crippen molar-refractivity contribution in [1.82, 2.24) is 4.31 Å². The van der Waals surface area contributed by atoms with Gasteiger partial charge in [0.05, 0.1) is 10.7 Å². The van der Waals surface area contributed by atoms with Crippen molar-refractivity contribution in [2.75, 3.05) is 18.8 Å². The van der Waals surface area contributed by atoms with Crippen LogP contribution in [0.1, 0.15) is 0 Å². The third-order valence-electron chi connectivity index (χ3n) is 1.72. The second kappa shape index (κ2) is 4.87. The fourth-order valence-corrected chi connectivity index (χ4v) is 2.61. The summed E-state index contributed by atoms with van der Waals surface area (Å²) in [5.74, 6) is -0.551. The van der Waals surface area contributed by atoms with Gasteiger partial charge in [-0.1, -0.05) is 11.6 Å². The van der Waals surface area contributed by atoms with E-state index >= 15 is 0 Å². The highest BCUT2D eigenvalue weighted by atomic mass is 79.9. The number of halogens is 3. The molecule has 0 fully saturated rings. The topological polar surface area (TPSA) is 49.4 Å². The van der Waals surface area contributed by atoms with Crippen LogP contribution in [0.2, 0.25) is 5.02 Å². The van der Waals surface area contributed by atoms with Crippen LogP contribution in [-0.2, 0) is 10.2 Å². The highest BCUT2D eigenvalue weighted by Gasteiger charge is 2.17. The standard InChI is InChI=1S/C8H9BrClFN2O2S/c1-13(2)16(14,15)12-8-6(9)3-5(11)4-7(8)10/h3-4,12H,1-2H3. The van der Waals surface area contributed by atoms with Crippen molar-refractivity contribution in [3.63, 3.8) is 0 Å². The van der Waals surface area contributed by atoms with Crippen LogP contribution in [-0.4, -0.2) is 26.8 Å². The Bertz CT molecular complexity index is 484. The summed E-state index contributed by atoms with van der Waals surface area (Å²) in [5.41, 5.74) is 0.108. The van der Waals surface area contributed by atoms with Gasteiger partial charge in [-0.25, -0.2) is 4.39 Å². The first kappa shape index (κ1) is 13.7. The summed E-state index contributed by atoms with van der Waals surface area (Å²) in [7, 11) is -0.925. The van der Waals surface area contributed by atoms with Crippen molar-refractivity contribution in [2.45, 2.75) is 0 Å². The molecule has 0 aliphatic rings. The first-order chi connectivity index (χ1) is 7.24. The molecule has 0 saturated carbocycles. The van der Waals surface area contributed by atoms with E-state index in [0.29, 0.717) is 0 Å². The molecular formula is C8H9BrClFN2O2S. The van der Waals surface area contributed by atoms with Gasteiger partial charge in [0.2, 0.25) is 0 Å². The number of nitrogens with zero attached hydrogens (tertiary/aromatic N) is 1. The van der Waals surface area contributed by atoms with Gasteiger partial charge < -0.3 is 0 Å². The lowest BCUT2D eigenvalue weighted by atomic mass is 10.3. The van der Waals surface area contributed by atoms with Gasteiger partial charge in [-0.2, -0.15) is 12.7 Å². The summed E-state index contributed by atoms with van der Waals surface area (Å²) in [5, 5.41) is -0.0164. The van der Waals surface area contributed by atoms with E-state index in [2.05, 4.69) is 20.7 Å². The van der Waals surface area contributed by atoms with Gasteiger partial charge >= 0.3 is 10.2 Å². The first-order valence-corrected chi connectivity index (χ1v) is 6.70. The Balaban J connectivity index is 3.17. The summed E-state index contributed by atoms with van der Waals surface area (Å²) in [6.45, 7) is 0. The normalized spacial score (nSPS) is 11.9. The van der Waals surface area contributed by atoms with E-state index < -0.39 is 16.0 Å². The lowest BCUT2D eigenvalue weighted by Gasteiger charge is -2.15. The van der Waals surface area contributed by atoms with E-state index in [4.69, 9.17) is 11.6 Å². The molecule has 1 aromatic rings. The number of rotatable bonds is 3. The SMILES string of the molecule is CN(C)S(=O)(=O)Nc1c(Cl)cc(F)cc1Br. The van der Waals surface area contributed by atoms with E-state index in [1.54, 1.807) is 0 Å². The van der Waals surface area contributed by atoms with Gasteiger partial charge in [-0.15, -0.1) is 0 Å². The number of hydrogen-bond donors (Lipinski definition) is 1. The van der Waals surface area contributed by atoms with Crippen LogP contribution < -0.4 is 4.72 Å². The van der Waals surface area contributed by atoms with Crippen LogP contribution in [0.3, 0.4) is 0 Å². The Labute approximate surface area is 107 Å². The summed E-state index contributed by atoms with van der Waals surface area (Å²) < 4.78 is 39.4. The highest BCUT2D eigenvalue weighted by molar-refractivity contribution is 9.10. The summed E-state index contributed by atoms with van der Waals surface area (Å²) in [6, 6.07) is 2.15. The maximum absolute atomic E-state index is 12.9. The number of hydrogen-bond acceptors (Lipinski definition) is 2. The molecule has 0 heterocycles. The Hall–Kier alpha value is -0.370. The van der Waals surface area contributed by atoms with Crippen LogP contribution in [0.15, 0.2) is 16.6 Å². The van der Waals surface area contributed by atoms with Gasteiger partial charge in [-0.3, -0.25) is 4.72 Å². The molecule has 0 spiro atoms. The molecule has 0 aromatic heterocycles.